The first-order valence-corrected chi connectivity index (χ1v) is 6.29. The van der Waals surface area contributed by atoms with Crippen LogP contribution in [0.1, 0.15) is 15.9 Å². The fourth-order valence-corrected chi connectivity index (χ4v) is 1.87. The van der Waals surface area contributed by atoms with Crippen molar-refractivity contribution in [2.75, 3.05) is 12.0 Å². The molecular formula is C15H16FN3O. The molecule has 2 aromatic carbocycles. The van der Waals surface area contributed by atoms with Gasteiger partial charge in [-0.15, -0.1) is 0 Å². The Morgan fingerprint density at radius 1 is 1.10 bits per heavy atom. The first kappa shape index (κ1) is 14.0. The van der Waals surface area contributed by atoms with E-state index < -0.39 is 0 Å². The molecule has 0 heterocycles. The number of hydrogen-bond acceptors (Lipinski definition) is 3. The van der Waals surface area contributed by atoms with Crippen LogP contribution in [0.15, 0.2) is 48.5 Å². The Labute approximate surface area is 116 Å². The van der Waals surface area contributed by atoms with Crippen LogP contribution in [0.2, 0.25) is 0 Å². The highest BCUT2D eigenvalue weighted by atomic mass is 19.1. The lowest BCUT2D eigenvalue weighted by atomic mass is 10.1. The zero-order valence-electron chi connectivity index (χ0n) is 10.9. The van der Waals surface area contributed by atoms with Crippen molar-refractivity contribution >= 4 is 11.6 Å². The van der Waals surface area contributed by atoms with E-state index in [0.29, 0.717) is 24.2 Å². The second-order valence-electron chi connectivity index (χ2n) is 4.32. The van der Waals surface area contributed by atoms with Gasteiger partial charge in [-0.3, -0.25) is 10.6 Å². The smallest absolute Gasteiger partial charge is 0.253 e. The SMILES string of the molecule is NNc1ccccc1C(=O)NCCc1ccc(F)cc1. The predicted molar refractivity (Wildman–Crippen MR) is 76.7 cm³/mol. The average molecular weight is 273 g/mol. The van der Waals surface area contributed by atoms with Crippen molar-refractivity contribution in [2.24, 2.45) is 5.84 Å². The van der Waals surface area contributed by atoms with Crippen molar-refractivity contribution in [1.29, 1.82) is 0 Å². The van der Waals surface area contributed by atoms with E-state index in [1.165, 1.54) is 12.1 Å². The molecule has 0 aliphatic carbocycles. The molecule has 0 aliphatic heterocycles. The van der Waals surface area contributed by atoms with E-state index in [9.17, 15) is 9.18 Å². The van der Waals surface area contributed by atoms with Crippen LogP contribution in [-0.2, 0) is 6.42 Å². The third-order valence-corrected chi connectivity index (χ3v) is 2.94. The van der Waals surface area contributed by atoms with Gasteiger partial charge in [0.1, 0.15) is 5.82 Å². The van der Waals surface area contributed by atoms with Gasteiger partial charge in [0, 0.05) is 6.54 Å². The number of carbonyl (C=O) groups is 1. The van der Waals surface area contributed by atoms with E-state index >= 15 is 0 Å². The maximum Gasteiger partial charge on any atom is 0.253 e. The minimum Gasteiger partial charge on any atom is -0.352 e. The van der Waals surface area contributed by atoms with E-state index in [1.807, 2.05) is 0 Å². The number of anilines is 1. The number of hydrazine groups is 1. The van der Waals surface area contributed by atoms with Gasteiger partial charge in [0.2, 0.25) is 0 Å². The largest absolute Gasteiger partial charge is 0.352 e. The van der Waals surface area contributed by atoms with Crippen molar-refractivity contribution in [3.63, 3.8) is 0 Å². The molecule has 20 heavy (non-hydrogen) atoms. The monoisotopic (exact) mass is 273 g/mol. The summed E-state index contributed by atoms with van der Waals surface area (Å²) in [4.78, 5) is 12.0. The van der Waals surface area contributed by atoms with Gasteiger partial charge in [0.15, 0.2) is 0 Å². The fraction of sp³-hybridized carbons (Fsp3) is 0.133. The van der Waals surface area contributed by atoms with Crippen LogP contribution in [-0.4, -0.2) is 12.5 Å². The van der Waals surface area contributed by atoms with Gasteiger partial charge in [-0.05, 0) is 36.2 Å². The van der Waals surface area contributed by atoms with Crippen LogP contribution in [0.25, 0.3) is 0 Å². The first-order chi connectivity index (χ1) is 9.70. The number of nitrogens with one attached hydrogen (secondary N) is 2. The number of benzene rings is 2. The molecule has 2 rings (SSSR count). The molecule has 4 N–H and O–H groups in total. The molecule has 104 valence electrons. The standard InChI is InChI=1S/C15H16FN3O/c16-12-7-5-11(6-8-12)9-10-18-15(20)13-3-1-2-4-14(13)19-17/h1-8,19H,9-10,17H2,(H,18,20). The maximum absolute atomic E-state index is 12.8. The number of rotatable bonds is 5. The van der Waals surface area contributed by atoms with Gasteiger partial charge >= 0.3 is 0 Å². The molecule has 0 radical (unpaired) electrons. The number of halogens is 1. The first-order valence-electron chi connectivity index (χ1n) is 6.29. The number of carbonyl (C=O) groups excluding carboxylic acids is 1. The molecule has 0 bridgehead atoms. The molecule has 0 aromatic heterocycles. The molecule has 5 heteroatoms. The topological polar surface area (TPSA) is 67.1 Å². The van der Waals surface area contributed by atoms with Crippen molar-refractivity contribution in [3.8, 4) is 0 Å². The van der Waals surface area contributed by atoms with Gasteiger partial charge in [-0.1, -0.05) is 24.3 Å². The number of amides is 1. The summed E-state index contributed by atoms with van der Waals surface area (Å²) in [7, 11) is 0. The molecule has 0 fully saturated rings. The minimum atomic E-state index is -0.263. The fourth-order valence-electron chi connectivity index (χ4n) is 1.87. The van der Waals surface area contributed by atoms with Gasteiger partial charge in [-0.25, -0.2) is 4.39 Å². The lowest BCUT2D eigenvalue weighted by Crippen LogP contribution is -2.27. The predicted octanol–water partition coefficient (Wildman–Crippen LogP) is 2.08. The summed E-state index contributed by atoms with van der Waals surface area (Å²) in [5.41, 5.74) is 4.53. The summed E-state index contributed by atoms with van der Waals surface area (Å²) in [5.74, 6) is 4.90. The molecule has 4 nitrogen and oxygen atoms in total. The van der Waals surface area contributed by atoms with Crippen molar-refractivity contribution < 1.29 is 9.18 Å². The molecule has 1 amide bonds. The van der Waals surface area contributed by atoms with Gasteiger partial charge in [0.05, 0.1) is 11.3 Å². The molecule has 0 saturated heterocycles. The Morgan fingerprint density at radius 2 is 1.80 bits per heavy atom. The second kappa shape index (κ2) is 6.68. The van der Waals surface area contributed by atoms with Gasteiger partial charge < -0.3 is 10.7 Å². The molecule has 2 aromatic rings. The summed E-state index contributed by atoms with van der Waals surface area (Å²) in [5, 5.41) is 2.81. The highest BCUT2D eigenvalue weighted by Gasteiger charge is 2.09. The van der Waals surface area contributed by atoms with Crippen LogP contribution >= 0.6 is 0 Å². The van der Waals surface area contributed by atoms with Gasteiger partial charge in [0.25, 0.3) is 5.91 Å². The Bertz CT molecular complexity index is 584. The third kappa shape index (κ3) is 3.55. The highest BCUT2D eigenvalue weighted by Crippen LogP contribution is 2.13. The normalized spacial score (nSPS) is 10.1. The average Bonchev–Trinajstić information content (AvgIpc) is 2.49. The van der Waals surface area contributed by atoms with Crippen molar-refractivity contribution in [1.82, 2.24) is 5.32 Å². The molecule has 0 atom stereocenters. The van der Waals surface area contributed by atoms with Crippen LogP contribution in [0.4, 0.5) is 10.1 Å². The molecular weight excluding hydrogens is 257 g/mol. The summed E-state index contributed by atoms with van der Waals surface area (Å²) >= 11 is 0. The Hall–Kier alpha value is -2.40. The molecule has 0 spiro atoms. The zero-order valence-corrected chi connectivity index (χ0v) is 10.9. The van der Waals surface area contributed by atoms with E-state index in [2.05, 4.69) is 10.7 Å². The maximum atomic E-state index is 12.8. The lowest BCUT2D eigenvalue weighted by Gasteiger charge is -2.09. The van der Waals surface area contributed by atoms with Crippen LogP contribution < -0.4 is 16.6 Å². The Balaban J connectivity index is 1.90. The minimum absolute atomic E-state index is 0.194. The Kier molecular flexibility index (Phi) is 4.68. The van der Waals surface area contributed by atoms with E-state index in [1.54, 1.807) is 36.4 Å². The van der Waals surface area contributed by atoms with E-state index in [-0.39, 0.29) is 11.7 Å². The number of nitrogens with two attached hydrogens (primary N) is 1. The Morgan fingerprint density at radius 3 is 2.50 bits per heavy atom. The highest BCUT2D eigenvalue weighted by molar-refractivity contribution is 5.99. The van der Waals surface area contributed by atoms with Crippen LogP contribution in [0.5, 0.6) is 0 Å². The lowest BCUT2D eigenvalue weighted by molar-refractivity contribution is 0.0955. The quantitative estimate of drug-likeness (QED) is 0.577. The van der Waals surface area contributed by atoms with Crippen molar-refractivity contribution in [3.05, 3.63) is 65.5 Å². The van der Waals surface area contributed by atoms with Crippen LogP contribution in [0.3, 0.4) is 0 Å². The number of para-hydroxylation sites is 1. The summed E-state index contributed by atoms with van der Waals surface area (Å²) < 4.78 is 12.8. The van der Waals surface area contributed by atoms with E-state index in [4.69, 9.17) is 5.84 Å². The second-order valence-corrected chi connectivity index (χ2v) is 4.32. The van der Waals surface area contributed by atoms with E-state index in [0.717, 1.165) is 5.56 Å². The zero-order chi connectivity index (χ0) is 14.4. The van der Waals surface area contributed by atoms with Crippen LogP contribution in [0, 0.1) is 5.82 Å². The number of nitrogen functional groups attached to an aromatic ring is 1. The summed E-state index contributed by atoms with van der Waals surface area (Å²) in [6.07, 6.45) is 0.643. The number of hydrogen-bond donors (Lipinski definition) is 3. The molecule has 0 saturated carbocycles. The third-order valence-electron chi connectivity index (χ3n) is 2.94. The molecule has 0 aliphatic rings. The summed E-state index contributed by atoms with van der Waals surface area (Å²) in [6.45, 7) is 0.476. The molecule has 0 unspecified atom stereocenters. The van der Waals surface area contributed by atoms with Crippen molar-refractivity contribution in [2.45, 2.75) is 6.42 Å². The van der Waals surface area contributed by atoms with Gasteiger partial charge in [-0.2, -0.15) is 0 Å². The summed E-state index contributed by atoms with van der Waals surface area (Å²) in [6, 6.07) is 13.2.